The lowest BCUT2D eigenvalue weighted by molar-refractivity contribution is 0.500. The molecule has 1 saturated heterocycles. The van der Waals surface area contributed by atoms with Crippen molar-refractivity contribution in [2.75, 3.05) is 19.3 Å². The van der Waals surface area contributed by atoms with Crippen LogP contribution < -0.4 is 10.6 Å². The van der Waals surface area contributed by atoms with Crippen LogP contribution >= 0.6 is 0 Å². The van der Waals surface area contributed by atoms with Gasteiger partial charge < -0.3 is 15.1 Å². The van der Waals surface area contributed by atoms with Gasteiger partial charge in [0, 0.05) is 13.6 Å². The number of furan rings is 1. The van der Waals surface area contributed by atoms with Crippen LogP contribution in [0.3, 0.4) is 0 Å². The van der Waals surface area contributed by atoms with Gasteiger partial charge in [0.05, 0.1) is 23.8 Å². The Morgan fingerprint density at radius 1 is 1.45 bits per heavy atom. The van der Waals surface area contributed by atoms with Crippen LogP contribution in [0.2, 0.25) is 0 Å². The summed E-state index contributed by atoms with van der Waals surface area (Å²) in [4.78, 5) is 4.08. The molecule has 6 nitrogen and oxygen atoms in total. The van der Waals surface area contributed by atoms with Crippen molar-refractivity contribution in [3.8, 4) is 0 Å². The smallest absolute Gasteiger partial charge is 0.191 e. The third kappa shape index (κ3) is 4.00. The molecular weight excluding hydrogens is 278 g/mol. The van der Waals surface area contributed by atoms with Crippen LogP contribution in [0.4, 0.5) is 0 Å². The van der Waals surface area contributed by atoms with Crippen molar-refractivity contribution in [3.63, 3.8) is 0 Å². The van der Waals surface area contributed by atoms with E-state index in [1.54, 1.807) is 13.3 Å². The second-order valence-corrected chi connectivity index (χ2v) is 7.27. The van der Waals surface area contributed by atoms with Gasteiger partial charge in [-0.3, -0.25) is 4.99 Å². The lowest BCUT2D eigenvalue weighted by Crippen LogP contribution is -2.44. The number of rotatable bonds is 4. The van der Waals surface area contributed by atoms with Crippen molar-refractivity contribution >= 4 is 15.8 Å². The molecule has 1 aromatic heterocycles. The molecule has 0 aromatic carbocycles. The van der Waals surface area contributed by atoms with Crippen LogP contribution in [-0.4, -0.2) is 39.0 Å². The van der Waals surface area contributed by atoms with E-state index < -0.39 is 9.84 Å². The molecule has 1 aliphatic rings. The highest BCUT2D eigenvalue weighted by Crippen LogP contribution is 2.18. The second kappa shape index (κ2) is 6.78. The topological polar surface area (TPSA) is 83.7 Å². The molecule has 1 fully saturated rings. The summed E-state index contributed by atoms with van der Waals surface area (Å²) in [7, 11) is -1.29. The molecule has 7 heteroatoms. The van der Waals surface area contributed by atoms with Crippen LogP contribution in [0.1, 0.15) is 25.0 Å². The van der Waals surface area contributed by atoms with E-state index in [-0.39, 0.29) is 5.25 Å². The molecule has 112 valence electrons. The maximum Gasteiger partial charge on any atom is 0.191 e. The van der Waals surface area contributed by atoms with Crippen molar-refractivity contribution < 1.29 is 12.8 Å². The lowest BCUT2D eigenvalue weighted by Gasteiger charge is -2.23. The summed E-state index contributed by atoms with van der Waals surface area (Å²) in [6.45, 7) is 0.921. The van der Waals surface area contributed by atoms with Crippen molar-refractivity contribution in [2.45, 2.75) is 31.1 Å². The number of aliphatic imine (C=N–C) groups is 1. The molecule has 0 radical (unpaired) electrons. The quantitative estimate of drug-likeness (QED) is 0.638. The zero-order valence-electron chi connectivity index (χ0n) is 11.6. The van der Waals surface area contributed by atoms with Gasteiger partial charge in [-0.05, 0) is 25.0 Å². The molecule has 1 atom stereocenters. The number of hydrogen-bond donors (Lipinski definition) is 2. The summed E-state index contributed by atoms with van der Waals surface area (Å²) in [6.07, 6.45) is 4.10. The average molecular weight is 299 g/mol. The van der Waals surface area contributed by atoms with Gasteiger partial charge in [-0.15, -0.1) is 0 Å². The first kappa shape index (κ1) is 14.9. The molecule has 0 unspecified atom stereocenters. The molecule has 1 aromatic rings. The first-order chi connectivity index (χ1) is 9.62. The molecule has 0 aliphatic carbocycles. The number of guanidine groups is 1. The van der Waals surface area contributed by atoms with Crippen molar-refractivity contribution in [2.24, 2.45) is 4.99 Å². The van der Waals surface area contributed by atoms with E-state index in [2.05, 4.69) is 15.6 Å². The Balaban J connectivity index is 1.81. The van der Waals surface area contributed by atoms with Crippen LogP contribution in [-0.2, 0) is 16.4 Å². The predicted octanol–water partition coefficient (Wildman–Crippen LogP) is 0.912. The fourth-order valence-corrected chi connectivity index (χ4v) is 4.07. The van der Waals surface area contributed by atoms with Gasteiger partial charge in [0.2, 0.25) is 0 Å². The number of hydrogen-bond acceptors (Lipinski definition) is 4. The monoisotopic (exact) mass is 299 g/mol. The van der Waals surface area contributed by atoms with E-state index in [1.165, 1.54) is 0 Å². The maximum absolute atomic E-state index is 11.9. The Morgan fingerprint density at radius 3 is 2.95 bits per heavy atom. The first-order valence-electron chi connectivity index (χ1n) is 6.80. The minimum atomic E-state index is -2.95. The molecule has 2 heterocycles. The Bertz CT molecular complexity index is 537. The van der Waals surface area contributed by atoms with Crippen LogP contribution in [0.25, 0.3) is 0 Å². The van der Waals surface area contributed by atoms with Gasteiger partial charge in [0.15, 0.2) is 15.8 Å². The average Bonchev–Trinajstić information content (AvgIpc) is 2.93. The second-order valence-electron chi connectivity index (χ2n) is 4.87. The highest BCUT2D eigenvalue weighted by atomic mass is 32.2. The van der Waals surface area contributed by atoms with Gasteiger partial charge >= 0.3 is 0 Å². The van der Waals surface area contributed by atoms with Crippen LogP contribution in [0.15, 0.2) is 27.8 Å². The van der Waals surface area contributed by atoms with Crippen molar-refractivity contribution in [1.82, 2.24) is 10.6 Å². The molecule has 2 N–H and O–H groups in total. The summed E-state index contributed by atoms with van der Waals surface area (Å²) in [5.74, 6) is 1.69. The van der Waals surface area contributed by atoms with E-state index in [9.17, 15) is 8.42 Å². The van der Waals surface area contributed by atoms with E-state index in [0.29, 0.717) is 24.8 Å². The normalized spacial score (nSPS) is 22.4. The summed E-state index contributed by atoms with van der Waals surface area (Å²) < 4.78 is 29.0. The van der Waals surface area contributed by atoms with Crippen LogP contribution in [0.5, 0.6) is 0 Å². The highest BCUT2D eigenvalue weighted by molar-refractivity contribution is 7.92. The molecular formula is C13H21N3O3S. The SMILES string of the molecule is CN=C(NCc1ccco1)NC[C@H]1CCCCS1(=O)=O. The Labute approximate surface area is 119 Å². The molecule has 0 bridgehead atoms. The fourth-order valence-electron chi connectivity index (χ4n) is 2.27. The number of sulfone groups is 1. The summed E-state index contributed by atoms with van der Waals surface area (Å²) in [5, 5.41) is 5.86. The van der Waals surface area contributed by atoms with Gasteiger partial charge in [0.25, 0.3) is 0 Å². The van der Waals surface area contributed by atoms with E-state index >= 15 is 0 Å². The Kier molecular flexibility index (Phi) is 5.05. The zero-order valence-corrected chi connectivity index (χ0v) is 12.4. The van der Waals surface area contributed by atoms with Gasteiger partial charge in [-0.1, -0.05) is 6.42 Å². The Hall–Kier alpha value is -1.50. The van der Waals surface area contributed by atoms with Gasteiger partial charge in [-0.2, -0.15) is 0 Å². The molecule has 0 spiro atoms. The van der Waals surface area contributed by atoms with Gasteiger partial charge in [0.1, 0.15) is 5.76 Å². The number of nitrogens with zero attached hydrogens (tertiary/aromatic N) is 1. The first-order valence-corrected chi connectivity index (χ1v) is 8.52. The summed E-state index contributed by atoms with van der Waals surface area (Å²) in [5.41, 5.74) is 0. The Morgan fingerprint density at radius 2 is 2.30 bits per heavy atom. The summed E-state index contributed by atoms with van der Waals surface area (Å²) >= 11 is 0. The molecule has 1 aliphatic heterocycles. The molecule has 0 amide bonds. The zero-order chi connectivity index (χ0) is 14.4. The van der Waals surface area contributed by atoms with Crippen molar-refractivity contribution in [3.05, 3.63) is 24.2 Å². The molecule has 20 heavy (non-hydrogen) atoms. The van der Waals surface area contributed by atoms with E-state index in [0.717, 1.165) is 25.0 Å². The molecule has 2 rings (SSSR count). The maximum atomic E-state index is 11.9. The van der Waals surface area contributed by atoms with E-state index in [1.807, 2.05) is 12.1 Å². The fraction of sp³-hybridized carbons (Fsp3) is 0.615. The van der Waals surface area contributed by atoms with Gasteiger partial charge in [-0.25, -0.2) is 8.42 Å². The van der Waals surface area contributed by atoms with Crippen molar-refractivity contribution in [1.29, 1.82) is 0 Å². The minimum absolute atomic E-state index is 0.303. The third-order valence-electron chi connectivity index (χ3n) is 3.44. The standard InChI is InChI=1S/C13H21N3O3S/c1-14-13(15-9-11-5-4-7-19-11)16-10-12-6-2-3-8-20(12,17)18/h4-5,7,12H,2-3,6,8-10H2,1H3,(H2,14,15,16)/t12-/m1/s1. The van der Waals surface area contributed by atoms with E-state index in [4.69, 9.17) is 4.42 Å². The largest absolute Gasteiger partial charge is 0.467 e. The lowest BCUT2D eigenvalue weighted by atomic mass is 10.2. The third-order valence-corrected chi connectivity index (χ3v) is 5.72. The highest BCUT2D eigenvalue weighted by Gasteiger charge is 2.28. The van der Waals surface area contributed by atoms with Crippen LogP contribution in [0, 0.1) is 0 Å². The number of nitrogens with one attached hydrogen (secondary N) is 2. The minimum Gasteiger partial charge on any atom is -0.467 e. The summed E-state index contributed by atoms with van der Waals surface area (Å²) in [6, 6.07) is 3.69. The predicted molar refractivity (Wildman–Crippen MR) is 78.3 cm³/mol. The molecule has 0 saturated carbocycles.